The van der Waals surface area contributed by atoms with Crippen molar-refractivity contribution in [2.24, 2.45) is 11.1 Å². The van der Waals surface area contributed by atoms with Crippen molar-refractivity contribution in [3.8, 4) is 0 Å². The molecule has 0 saturated heterocycles. The van der Waals surface area contributed by atoms with Gasteiger partial charge in [-0.25, -0.2) is 0 Å². The highest BCUT2D eigenvalue weighted by atomic mass is 35.5. The van der Waals surface area contributed by atoms with Gasteiger partial charge >= 0.3 is 18.1 Å². The van der Waals surface area contributed by atoms with Gasteiger partial charge < -0.3 is 9.40 Å². The molecule has 5 nitrogen and oxygen atoms in total. The number of carbonyl (C=O) groups is 1. The van der Waals surface area contributed by atoms with Crippen molar-refractivity contribution < 1.29 is 40.5 Å². The van der Waals surface area contributed by atoms with E-state index in [0.717, 1.165) is 29.6 Å². The number of halogens is 7. The molecule has 0 heterocycles. The monoisotopic (exact) mass is 514 g/mol. The average molecular weight is 515 g/mol. The lowest BCUT2D eigenvalue weighted by atomic mass is 10.2. The zero-order valence-corrected chi connectivity index (χ0v) is 18.8. The summed E-state index contributed by atoms with van der Waals surface area (Å²) >= 11 is 5.56. The molecule has 2 aromatic rings. The molecule has 13 heteroatoms. The van der Waals surface area contributed by atoms with Crippen LogP contribution in [-0.2, 0) is 9.40 Å². The van der Waals surface area contributed by atoms with Crippen molar-refractivity contribution in [2.75, 3.05) is 0 Å². The Morgan fingerprint density at radius 3 is 1.64 bits per heavy atom. The second-order valence-corrected chi connectivity index (χ2v) is 10.1. The molecule has 0 saturated carbocycles. The lowest BCUT2D eigenvalue weighted by molar-refractivity contribution is -0.388. The third kappa shape index (κ3) is 5.35. The van der Waals surface area contributed by atoms with Crippen molar-refractivity contribution in [3.05, 3.63) is 60.7 Å². The Hall–Kier alpha value is -2.52. The third-order valence-electron chi connectivity index (χ3n) is 4.35. The van der Waals surface area contributed by atoms with Crippen LogP contribution in [0.15, 0.2) is 65.8 Å². The Morgan fingerprint density at radius 1 is 0.909 bits per heavy atom. The summed E-state index contributed by atoms with van der Waals surface area (Å²) < 4.78 is 96.7. The molecule has 0 aromatic heterocycles. The molecule has 0 aliphatic rings. The van der Waals surface area contributed by atoms with Gasteiger partial charge in [-0.15, -0.1) is 0 Å². The number of amides is 1. The van der Waals surface area contributed by atoms with Crippen molar-refractivity contribution in [2.45, 2.75) is 31.9 Å². The van der Waals surface area contributed by atoms with E-state index in [9.17, 15) is 35.7 Å². The summed E-state index contributed by atoms with van der Waals surface area (Å²) in [7, 11) is -4.73. The topological polar surface area (TPSA) is 67.8 Å². The van der Waals surface area contributed by atoms with Crippen LogP contribution in [0.25, 0.3) is 0 Å². The van der Waals surface area contributed by atoms with Crippen molar-refractivity contribution >= 4 is 40.2 Å². The van der Waals surface area contributed by atoms with Crippen LogP contribution < -0.4 is 15.9 Å². The summed E-state index contributed by atoms with van der Waals surface area (Å²) in [5.74, 6) is -0.777. The number of nitrogens with zero attached hydrogens (tertiary/aromatic N) is 1. The van der Waals surface area contributed by atoms with E-state index in [1.54, 1.807) is 0 Å². The number of nitrogens with one attached hydrogen (secondary N) is 1. The normalized spacial score (nSPS) is 13.7. The number of carbonyl (C=O) groups excluding carboxylic acids is 1. The van der Waals surface area contributed by atoms with E-state index in [1.165, 1.54) is 50.2 Å². The Bertz CT molecular complexity index is 986. The predicted molar refractivity (Wildman–Crippen MR) is 112 cm³/mol. The van der Waals surface area contributed by atoms with Gasteiger partial charge in [-0.05, 0) is 0 Å². The van der Waals surface area contributed by atoms with Crippen molar-refractivity contribution in [1.29, 1.82) is 0 Å². The van der Waals surface area contributed by atoms with Gasteiger partial charge in [0.05, 0.1) is 0 Å². The van der Waals surface area contributed by atoms with Gasteiger partial charge in [-0.2, -0.15) is 26.3 Å². The van der Waals surface area contributed by atoms with Gasteiger partial charge in [-0.3, -0.25) is 10.1 Å². The van der Waals surface area contributed by atoms with E-state index in [2.05, 4.69) is 9.99 Å². The Morgan fingerprint density at radius 2 is 1.30 bits per heavy atom. The van der Waals surface area contributed by atoms with Gasteiger partial charge in [0.1, 0.15) is 5.17 Å². The van der Waals surface area contributed by atoms with Crippen molar-refractivity contribution in [3.63, 3.8) is 0 Å². The van der Waals surface area contributed by atoms with Crippen LogP contribution in [0.5, 0.6) is 0 Å². The fraction of sp³-hybridized carbons (Fsp3) is 0.300. The molecule has 0 bridgehead atoms. The van der Waals surface area contributed by atoms with Crippen LogP contribution in [0.1, 0.15) is 13.8 Å². The van der Waals surface area contributed by atoms with Gasteiger partial charge in [-0.1, -0.05) is 91.3 Å². The van der Waals surface area contributed by atoms with E-state index in [4.69, 9.17) is 11.6 Å². The van der Waals surface area contributed by atoms with E-state index < -0.39 is 42.0 Å². The molecule has 33 heavy (non-hydrogen) atoms. The van der Waals surface area contributed by atoms with E-state index in [-0.39, 0.29) is 10.6 Å². The minimum Gasteiger partial charge on any atom is -0.346 e. The van der Waals surface area contributed by atoms with Crippen LogP contribution in [0.3, 0.4) is 0 Å². The fourth-order valence-corrected chi connectivity index (χ4v) is 4.84. The number of hydrogen-bond acceptors (Lipinski definition) is 4. The van der Waals surface area contributed by atoms with Crippen LogP contribution in [0, 0.1) is 5.92 Å². The smallest absolute Gasteiger partial charge is 0.346 e. The lowest BCUT2D eigenvalue weighted by Crippen LogP contribution is -2.68. The summed E-state index contributed by atoms with van der Waals surface area (Å²) in [5, 5.41) is 2.27. The standard InChI is InChI=1S/C20H18ClF6N2O3P/c1-13(2)16(21)29-32-18(19(22,23)24,20(25,26)27)28-17(30)33(31,14-9-5-3-6-10-14)15-11-7-4-8-12-15/h3-13H,1-2H3,(H,28,30)/b29-16-. The zero-order chi connectivity index (χ0) is 25.1. The van der Waals surface area contributed by atoms with Gasteiger partial charge in [0.25, 0.3) is 5.65 Å². The van der Waals surface area contributed by atoms with Gasteiger partial charge in [0, 0.05) is 16.5 Å². The molecule has 1 N–H and O–H groups in total. The summed E-state index contributed by atoms with van der Waals surface area (Å²) in [5.41, 5.74) is -7.36. The number of oxime groups is 1. The number of alkyl halides is 6. The Kier molecular flexibility index (Phi) is 7.91. The molecule has 180 valence electrons. The average Bonchev–Trinajstić information content (AvgIpc) is 2.75. The maximum atomic E-state index is 13.8. The molecule has 0 radical (unpaired) electrons. The largest absolute Gasteiger partial charge is 0.461 e. The van der Waals surface area contributed by atoms with Crippen molar-refractivity contribution in [1.82, 2.24) is 5.32 Å². The van der Waals surface area contributed by atoms with Crippen LogP contribution >= 0.6 is 18.7 Å². The molecule has 0 aliphatic carbocycles. The SMILES string of the molecule is CC(C)/C(Cl)=N/OC(NC(=O)P(=O)(c1ccccc1)c1ccccc1)(C(F)(F)F)C(F)(F)F. The highest BCUT2D eigenvalue weighted by Gasteiger charge is 2.77. The highest BCUT2D eigenvalue weighted by molar-refractivity contribution is 7.92. The molecule has 0 atom stereocenters. The van der Waals surface area contributed by atoms with Crippen LogP contribution in [0.4, 0.5) is 31.1 Å². The molecule has 1 amide bonds. The first-order valence-corrected chi connectivity index (χ1v) is 11.3. The summed E-state index contributed by atoms with van der Waals surface area (Å²) in [6, 6.07) is 12.9. The Labute approximate surface area is 190 Å². The maximum Gasteiger partial charge on any atom is 0.461 e. The second-order valence-electron chi connectivity index (χ2n) is 7.05. The van der Waals surface area contributed by atoms with Gasteiger partial charge in [0.15, 0.2) is 0 Å². The van der Waals surface area contributed by atoms with Crippen LogP contribution in [0.2, 0.25) is 0 Å². The molecule has 0 unspecified atom stereocenters. The first-order valence-electron chi connectivity index (χ1n) is 9.26. The van der Waals surface area contributed by atoms with Crippen LogP contribution in [-0.4, -0.2) is 28.9 Å². The summed E-state index contributed by atoms with van der Waals surface area (Å²) in [6.45, 7) is 2.69. The first-order chi connectivity index (χ1) is 15.2. The summed E-state index contributed by atoms with van der Waals surface area (Å²) in [4.78, 5) is 16.9. The third-order valence-corrected chi connectivity index (χ3v) is 7.59. The molecule has 2 aromatic carbocycles. The molecular formula is C20H18ClF6N2O3P. The maximum absolute atomic E-state index is 13.8. The molecular weight excluding hydrogens is 497 g/mol. The van der Waals surface area contributed by atoms with E-state index >= 15 is 0 Å². The molecule has 0 fully saturated rings. The first kappa shape index (κ1) is 26.7. The summed E-state index contributed by atoms with van der Waals surface area (Å²) in [6.07, 6.45) is -12.5. The molecule has 2 rings (SSSR count). The fourth-order valence-electron chi connectivity index (χ4n) is 2.53. The second kappa shape index (κ2) is 9.77. The van der Waals surface area contributed by atoms with E-state index in [1.807, 2.05) is 0 Å². The predicted octanol–water partition coefficient (Wildman–Crippen LogP) is 5.76. The molecule has 0 spiro atoms. The minimum atomic E-state index is -6.25. The quantitative estimate of drug-likeness (QED) is 0.168. The van der Waals surface area contributed by atoms with Gasteiger partial charge in [0.2, 0.25) is 7.14 Å². The Balaban J connectivity index is 2.70. The number of benzene rings is 2. The molecule has 0 aliphatic heterocycles. The number of rotatable bonds is 7. The number of hydrogen-bond donors (Lipinski definition) is 1. The highest BCUT2D eigenvalue weighted by Crippen LogP contribution is 2.49. The zero-order valence-electron chi connectivity index (χ0n) is 17.1. The minimum absolute atomic E-state index is 0.282. The lowest BCUT2D eigenvalue weighted by Gasteiger charge is -2.36. The van der Waals surface area contributed by atoms with E-state index in [0.29, 0.717) is 0 Å².